The molecule has 0 aliphatic rings. The molecule has 0 saturated carbocycles. The van der Waals surface area contributed by atoms with Crippen molar-refractivity contribution in [3.05, 3.63) is 72.1 Å². The SMILES string of the molecule is C(=N/N=C/c1c[nH]c2ccccc12)/c1c[nH]c2ccccc12. The molecule has 2 heterocycles. The summed E-state index contributed by atoms with van der Waals surface area (Å²) in [6, 6.07) is 16.3. The second-order valence-corrected chi connectivity index (χ2v) is 5.07. The van der Waals surface area contributed by atoms with Crippen molar-refractivity contribution in [2.75, 3.05) is 0 Å². The second kappa shape index (κ2) is 5.33. The van der Waals surface area contributed by atoms with E-state index in [0.717, 1.165) is 32.9 Å². The van der Waals surface area contributed by atoms with E-state index in [0.29, 0.717) is 0 Å². The molecule has 4 rings (SSSR count). The number of hydrogen-bond donors (Lipinski definition) is 2. The molecule has 106 valence electrons. The normalized spacial score (nSPS) is 12.2. The van der Waals surface area contributed by atoms with Crippen molar-refractivity contribution in [1.82, 2.24) is 9.97 Å². The predicted octanol–water partition coefficient (Wildman–Crippen LogP) is 4.10. The van der Waals surface area contributed by atoms with E-state index in [9.17, 15) is 0 Å². The maximum atomic E-state index is 4.16. The average Bonchev–Trinajstić information content (AvgIpc) is 3.16. The summed E-state index contributed by atoms with van der Waals surface area (Å²) in [4.78, 5) is 6.44. The zero-order valence-corrected chi connectivity index (χ0v) is 11.8. The van der Waals surface area contributed by atoms with Crippen LogP contribution in [0.15, 0.2) is 71.1 Å². The fourth-order valence-corrected chi connectivity index (χ4v) is 2.59. The number of nitrogens with zero attached hydrogens (tertiary/aromatic N) is 2. The van der Waals surface area contributed by atoms with Crippen LogP contribution in [-0.4, -0.2) is 22.4 Å². The summed E-state index contributed by atoms with van der Waals surface area (Å²) in [5.41, 5.74) is 4.27. The second-order valence-electron chi connectivity index (χ2n) is 5.07. The van der Waals surface area contributed by atoms with E-state index in [1.54, 1.807) is 12.4 Å². The number of fused-ring (bicyclic) bond motifs is 2. The Morgan fingerprint density at radius 3 is 1.59 bits per heavy atom. The Morgan fingerprint density at radius 2 is 1.09 bits per heavy atom. The predicted molar refractivity (Wildman–Crippen MR) is 91.8 cm³/mol. The molecule has 4 heteroatoms. The summed E-state index contributed by atoms with van der Waals surface area (Å²) in [6.45, 7) is 0. The van der Waals surface area contributed by atoms with Gasteiger partial charge >= 0.3 is 0 Å². The van der Waals surface area contributed by atoms with Gasteiger partial charge in [-0.1, -0.05) is 36.4 Å². The first-order valence-electron chi connectivity index (χ1n) is 7.10. The van der Waals surface area contributed by atoms with Gasteiger partial charge in [0.1, 0.15) is 0 Å². The minimum atomic E-state index is 1.03. The third kappa shape index (κ3) is 2.20. The van der Waals surface area contributed by atoms with E-state index >= 15 is 0 Å². The van der Waals surface area contributed by atoms with Crippen molar-refractivity contribution in [1.29, 1.82) is 0 Å². The van der Waals surface area contributed by atoms with Gasteiger partial charge in [0.15, 0.2) is 0 Å². The van der Waals surface area contributed by atoms with Crippen molar-refractivity contribution in [3.8, 4) is 0 Å². The Bertz CT molecular complexity index is 906. The van der Waals surface area contributed by atoms with Crippen LogP contribution in [-0.2, 0) is 0 Å². The van der Waals surface area contributed by atoms with Gasteiger partial charge < -0.3 is 9.97 Å². The van der Waals surface area contributed by atoms with E-state index < -0.39 is 0 Å². The summed E-state index contributed by atoms with van der Waals surface area (Å²) in [7, 11) is 0. The molecule has 0 saturated heterocycles. The van der Waals surface area contributed by atoms with Gasteiger partial charge in [0, 0.05) is 45.3 Å². The summed E-state index contributed by atoms with van der Waals surface area (Å²) in [6.07, 6.45) is 7.42. The van der Waals surface area contributed by atoms with Gasteiger partial charge in [-0.3, -0.25) is 0 Å². The molecule has 0 radical (unpaired) electrons. The lowest BCUT2D eigenvalue weighted by Crippen LogP contribution is -1.78. The average molecular weight is 286 g/mol. The zero-order chi connectivity index (χ0) is 14.8. The smallest absolute Gasteiger partial charge is 0.0589 e. The van der Waals surface area contributed by atoms with Gasteiger partial charge in [0.2, 0.25) is 0 Å². The van der Waals surface area contributed by atoms with Crippen LogP contribution in [0.4, 0.5) is 0 Å². The number of benzene rings is 2. The Kier molecular flexibility index (Phi) is 3.05. The maximum absolute atomic E-state index is 4.16. The number of H-pyrrole nitrogens is 2. The maximum Gasteiger partial charge on any atom is 0.0589 e. The van der Waals surface area contributed by atoms with Crippen molar-refractivity contribution >= 4 is 34.2 Å². The van der Waals surface area contributed by atoms with Crippen LogP contribution in [0.5, 0.6) is 0 Å². The Balaban J connectivity index is 1.59. The van der Waals surface area contributed by atoms with Crippen molar-refractivity contribution in [3.63, 3.8) is 0 Å². The zero-order valence-electron chi connectivity index (χ0n) is 11.8. The lowest BCUT2D eigenvalue weighted by Gasteiger charge is -1.90. The standard InChI is InChI=1S/C18H14N4/c1-3-7-17-15(5-1)13(9-19-17)11-21-22-12-14-10-20-18-8-4-2-6-16(14)18/h1-12,19-20H/b21-11-,22-12+. The van der Waals surface area contributed by atoms with Gasteiger partial charge in [-0.25, -0.2) is 0 Å². The molecule has 22 heavy (non-hydrogen) atoms. The first kappa shape index (κ1) is 12.6. The number of aromatic nitrogens is 2. The monoisotopic (exact) mass is 286 g/mol. The van der Waals surface area contributed by atoms with E-state index in [4.69, 9.17) is 0 Å². The lowest BCUT2D eigenvalue weighted by atomic mass is 10.2. The highest BCUT2D eigenvalue weighted by Crippen LogP contribution is 2.17. The van der Waals surface area contributed by atoms with Crippen LogP contribution in [0.1, 0.15) is 11.1 Å². The van der Waals surface area contributed by atoms with E-state index in [1.165, 1.54) is 0 Å². The highest BCUT2D eigenvalue weighted by Gasteiger charge is 2.00. The Labute approximate surface area is 127 Å². The Hall–Kier alpha value is -3.14. The number of nitrogens with one attached hydrogen (secondary N) is 2. The molecule has 2 aromatic carbocycles. The van der Waals surface area contributed by atoms with Gasteiger partial charge in [-0.15, -0.1) is 0 Å². The summed E-state index contributed by atoms with van der Waals surface area (Å²) >= 11 is 0. The van der Waals surface area contributed by atoms with Crippen molar-refractivity contribution < 1.29 is 0 Å². The molecular weight excluding hydrogens is 272 g/mol. The number of aromatic amines is 2. The van der Waals surface area contributed by atoms with Crippen molar-refractivity contribution in [2.24, 2.45) is 10.2 Å². The first-order valence-corrected chi connectivity index (χ1v) is 7.10. The molecule has 2 N–H and O–H groups in total. The summed E-state index contributed by atoms with van der Waals surface area (Å²) < 4.78 is 0. The molecule has 4 aromatic rings. The molecule has 0 fully saturated rings. The van der Waals surface area contributed by atoms with E-state index in [-0.39, 0.29) is 0 Å². The summed E-state index contributed by atoms with van der Waals surface area (Å²) in [5, 5.41) is 10.6. The largest absolute Gasteiger partial charge is 0.361 e. The van der Waals surface area contributed by atoms with Gasteiger partial charge in [0.25, 0.3) is 0 Å². The molecule has 0 bridgehead atoms. The van der Waals surface area contributed by atoms with Gasteiger partial charge in [0.05, 0.1) is 12.4 Å². The third-order valence-electron chi connectivity index (χ3n) is 3.70. The molecule has 0 atom stereocenters. The molecule has 0 aliphatic heterocycles. The quantitative estimate of drug-likeness (QED) is 0.421. The molecule has 0 amide bonds. The third-order valence-corrected chi connectivity index (χ3v) is 3.70. The van der Waals surface area contributed by atoms with E-state index in [1.807, 2.05) is 48.8 Å². The number of hydrogen-bond acceptors (Lipinski definition) is 2. The molecule has 4 nitrogen and oxygen atoms in total. The molecule has 2 aromatic heterocycles. The Morgan fingerprint density at radius 1 is 0.636 bits per heavy atom. The van der Waals surface area contributed by atoms with Crippen LogP contribution >= 0.6 is 0 Å². The van der Waals surface area contributed by atoms with E-state index in [2.05, 4.69) is 32.3 Å². The topological polar surface area (TPSA) is 56.3 Å². The van der Waals surface area contributed by atoms with Gasteiger partial charge in [-0.05, 0) is 12.1 Å². The molecular formula is C18H14N4. The fraction of sp³-hybridized carbons (Fsp3) is 0. The fourth-order valence-electron chi connectivity index (χ4n) is 2.59. The van der Waals surface area contributed by atoms with Crippen LogP contribution < -0.4 is 0 Å². The molecule has 0 spiro atoms. The molecule has 0 aliphatic carbocycles. The van der Waals surface area contributed by atoms with Crippen molar-refractivity contribution in [2.45, 2.75) is 0 Å². The van der Waals surface area contributed by atoms with Crippen LogP contribution in [0.2, 0.25) is 0 Å². The highest BCUT2D eigenvalue weighted by atomic mass is 15.2. The minimum absolute atomic E-state index is 1.03. The van der Waals surface area contributed by atoms with Crippen LogP contribution in [0.25, 0.3) is 21.8 Å². The number of rotatable bonds is 3. The summed E-state index contributed by atoms with van der Waals surface area (Å²) in [5.74, 6) is 0. The molecule has 0 unspecified atom stereocenters. The number of para-hydroxylation sites is 2. The van der Waals surface area contributed by atoms with Crippen LogP contribution in [0.3, 0.4) is 0 Å². The minimum Gasteiger partial charge on any atom is -0.361 e. The lowest BCUT2D eigenvalue weighted by molar-refractivity contribution is 1.27. The highest BCUT2D eigenvalue weighted by molar-refractivity contribution is 6.00. The van der Waals surface area contributed by atoms with Crippen LogP contribution in [0, 0.1) is 0 Å². The first-order chi connectivity index (χ1) is 10.9. The van der Waals surface area contributed by atoms with Gasteiger partial charge in [-0.2, -0.15) is 10.2 Å².